The van der Waals surface area contributed by atoms with Crippen LogP contribution in [0.15, 0.2) is 97.0 Å². The highest BCUT2D eigenvalue weighted by atomic mass is 16.5. The summed E-state index contributed by atoms with van der Waals surface area (Å²) in [5.74, 6) is -0.383. The number of carbonyl (C=O) groups is 1. The standard InChI is InChI=1S/C21H16O3/c22-21(23)13-7-12-20-19(17-10-5-2-6-11-17)14-18(15-24-20)16-8-3-1-4-9-16/h1-15H,(H,22,23). The molecule has 1 aliphatic heterocycles. The summed E-state index contributed by atoms with van der Waals surface area (Å²) in [4.78, 5) is 10.6. The summed E-state index contributed by atoms with van der Waals surface area (Å²) in [6.45, 7) is 0. The molecule has 3 nitrogen and oxygen atoms in total. The maximum atomic E-state index is 10.6. The summed E-state index contributed by atoms with van der Waals surface area (Å²) >= 11 is 0. The second-order valence-electron chi connectivity index (χ2n) is 5.21. The van der Waals surface area contributed by atoms with Crippen LogP contribution in [0.3, 0.4) is 0 Å². The molecule has 1 N–H and O–H groups in total. The molecule has 118 valence electrons. The van der Waals surface area contributed by atoms with Crippen LogP contribution in [0, 0.1) is 0 Å². The monoisotopic (exact) mass is 316 g/mol. The first-order chi connectivity index (χ1) is 11.7. The quantitative estimate of drug-likeness (QED) is 0.834. The molecule has 0 saturated heterocycles. The molecule has 0 aliphatic carbocycles. The Hall–Kier alpha value is -3.33. The van der Waals surface area contributed by atoms with E-state index in [2.05, 4.69) is 6.08 Å². The molecule has 0 bridgehead atoms. The predicted octanol–water partition coefficient (Wildman–Crippen LogP) is 4.67. The zero-order valence-electron chi connectivity index (χ0n) is 12.9. The zero-order chi connectivity index (χ0) is 16.8. The molecule has 3 rings (SSSR count). The van der Waals surface area contributed by atoms with Crippen LogP contribution in [0.4, 0.5) is 0 Å². The van der Waals surface area contributed by atoms with Gasteiger partial charge in [0.15, 0.2) is 0 Å². The van der Waals surface area contributed by atoms with E-state index in [0.717, 1.165) is 28.3 Å². The van der Waals surface area contributed by atoms with Crippen LogP contribution in [-0.4, -0.2) is 11.1 Å². The van der Waals surface area contributed by atoms with Gasteiger partial charge in [-0.1, -0.05) is 66.7 Å². The number of carboxylic acid groups (broad SMARTS) is 1. The molecule has 3 heteroatoms. The van der Waals surface area contributed by atoms with Crippen molar-refractivity contribution in [2.24, 2.45) is 0 Å². The highest BCUT2D eigenvalue weighted by Gasteiger charge is 2.15. The highest BCUT2D eigenvalue weighted by molar-refractivity contribution is 5.91. The molecule has 0 atom stereocenters. The first-order valence-electron chi connectivity index (χ1n) is 7.55. The minimum absolute atomic E-state index is 0.610. The van der Waals surface area contributed by atoms with E-state index in [4.69, 9.17) is 9.84 Å². The topological polar surface area (TPSA) is 46.5 Å². The van der Waals surface area contributed by atoms with Crippen molar-refractivity contribution in [3.63, 3.8) is 0 Å². The van der Waals surface area contributed by atoms with E-state index >= 15 is 0 Å². The number of ether oxygens (including phenoxy) is 1. The van der Waals surface area contributed by atoms with E-state index in [1.165, 1.54) is 6.08 Å². The van der Waals surface area contributed by atoms with E-state index in [-0.39, 0.29) is 0 Å². The smallest absolute Gasteiger partial charge is 0.328 e. The number of carboxylic acids is 1. The SMILES string of the molecule is O=C(O)C=CC=C1OC=C(c2ccccc2)C=C1c1ccccc1. The van der Waals surface area contributed by atoms with Crippen molar-refractivity contribution in [2.75, 3.05) is 0 Å². The van der Waals surface area contributed by atoms with Gasteiger partial charge in [-0.2, -0.15) is 0 Å². The summed E-state index contributed by atoms with van der Waals surface area (Å²) in [5.41, 5.74) is 3.95. The molecule has 0 saturated carbocycles. The molecule has 0 amide bonds. The van der Waals surface area contributed by atoms with Gasteiger partial charge in [0, 0.05) is 17.2 Å². The Kier molecular flexibility index (Phi) is 4.73. The summed E-state index contributed by atoms with van der Waals surface area (Å²) in [6.07, 6.45) is 7.94. The first kappa shape index (κ1) is 15.6. The third-order valence-corrected chi connectivity index (χ3v) is 3.56. The molecular weight excluding hydrogens is 300 g/mol. The Morgan fingerprint density at radius 3 is 2.17 bits per heavy atom. The maximum Gasteiger partial charge on any atom is 0.328 e. The molecule has 0 fully saturated rings. The fraction of sp³-hybridized carbons (Fsp3) is 0. The van der Waals surface area contributed by atoms with Gasteiger partial charge in [-0.3, -0.25) is 0 Å². The van der Waals surface area contributed by atoms with Crippen molar-refractivity contribution in [1.82, 2.24) is 0 Å². The van der Waals surface area contributed by atoms with Crippen LogP contribution in [0.25, 0.3) is 11.1 Å². The Morgan fingerprint density at radius 2 is 1.54 bits per heavy atom. The minimum Gasteiger partial charge on any atom is -0.478 e. The molecule has 1 heterocycles. The summed E-state index contributed by atoms with van der Waals surface area (Å²) in [7, 11) is 0. The van der Waals surface area contributed by atoms with E-state index in [9.17, 15) is 4.79 Å². The molecule has 2 aromatic carbocycles. The molecule has 0 radical (unpaired) electrons. The largest absolute Gasteiger partial charge is 0.478 e. The normalized spacial score (nSPS) is 15.8. The van der Waals surface area contributed by atoms with Crippen LogP contribution < -0.4 is 0 Å². The van der Waals surface area contributed by atoms with Gasteiger partial charge < -0.3 is 9.84 Å². The molecular formula is C21H16O3. The molecule has 1 aliphatic rings. The molecule has 24 heavy (non-hydrogen) atoms. The van der Waals surface area contributed by atoms with Gasteiger partial charge in [-0.25, -0.2) is 4.79 Å². The van der Waals surface area contributed by atoms with Gasteiger partial charge in [-0.15, -0.1) is 0 Å². The Bertz CT molecular complexity index is 841. The third-order valence-electron chi connectivity index (χ3n) is 3.56. The summed E-state index contributed by atoms with van der Waals surface area (Å²) in [6, 6.07) is 19.8. The maximum absolute atomic E-state index is 10.6. The average Bonchev–Trinajstić information content (AvgIpc) is 2.63. The van der Waals surface area contributed by atoms with Crippen molar-refractivity contribution < 1.29 is 14.6 Å². The number of hydrogen-bond donors (Lipinski definition) is 1. The minimum atomic E-state index is -0.992. The van der Waals surface area contributed by atoms with Crippen molar-refractivity contribution >= 4 is 17.1 Å². The van der Waals surface area contributed by atoms with Crippen molar-refractivity contribution in [3.8, 4) is 0 Å². The van der Waals surface area contributed by atoms with Gasteiger partial charge in [-0.05, 0) is 23.3 Å². The average molecular weight is 316 g/mol. The number of hydrogen-bond acceptors (Lipinski definition) is 2. The van der Waals surface area contributed by atoms with Gasteiger partial charge in [0.25, 0.3) is 0 Å². The number of allylic oxidation sites excluding steroid dienone is 5. The lowest BCUT2D eigenvalue weighted by molar-refractivity contribution is -0.131. The number of aliphatic carboxylic acids is 1. The van der Waals surface area contributed by atoms with Gasteiger partial charge in [0.1, 0.15) is 5.76 Å². The second-order valence-corrected chi connectivity index (χ2v) is 5.21. The highest BCUT2D eigenvalue weighted by Crippen LogP contribution is 2.33. The Morgan fingerprint density at radius 1 is 0.917 bits per heavy atom. The Balaban J connectivity index is 2.01. The molecule has 0 spiro atoms. The van der Waals surface area contributed by atoms with Crippen LogP contribution in [0.5, 0.6) is 0 Å². The number of rotatable bonds is 4. The van der Waals surface area contributed by atoms with Crippen LogP contribution in [-0.2, 0) is 9.53 Å². The fourth-order valence-corrected chi connectivity index (χ4v) is 2.42. The fourth-order valence-electron chi connectivity index (χ4n) is 2.42. The van der Waals surface area contributed by atoms with Crippen molar-refractivity contribution in [1.29, 1.82) is 0 Å². The molecule has 2 aromatic rings. The second kappa shape index (κ2) is 7.29. The Labute approximate surface area is 140 Å². The zero-order valence-corrected chi connectivity index (χ0v) is 12.9. The van der Waals surface area contributed by atoms with E-state index in [1.807, 2.05) is 60.7 Å². The van der Waals surface area contributed by atoms with Gasteiger partial charge in [0.2, 0.25) is 0 Å². The van der Waals surface area contributed by atoms with E-state index < -0.39 is 5.97 Å². The van der Waals surface area contributed by atoms with Gasteiger partial charge >= 0.3 is 5.97 Å². The lowest BCUT2D eigenvalue weighted by atomic mass is 9.96. The first-order valence-corrected chi connectivity index (χ1v) is 7.55. The molecule has 0 unspecified atom stereocenters. The van der Waals surface area contributed by atoms with E-state index in [1.54, 1.807) is 12.3 Å². The van der Waals surface area contributed by atoms with Gasteiger partial charge in [0.05, 0.1) is 6.26 Å². The predicted molar refractivity (Wildman–Crippen MR) is 94.8 cm³/mol. The van der Waals surface area contributed by atoms with Crippen LogP contribution >= 0.6 is 0 Å². The van der Waals surface area contributed by atoms with Crippen LogP contribution in [0.1, 0.15) is 11.1 Å². The lowest BCUT2D eigenvalue weighted by Crippen LogP contribution is -1.99. The number of benzene rings is 2. The van der Waals surface area contributed by atoms with E-state index in [0.29, 0.717) is 5.76 Å². The van der Waals surface area contributed by atoms with Crippen molar-refractivity contribution in [2.45, 2.75) is 0 Å². The summed E-state index contributed by atoms with van der Waals surface area (Å²) in [5, 5.41) is 8.73. The lowest BCUT2D eigenvalue weighted by Gasteiger charge is -2.18. The third kappa shape index (κ3) is 3.70. The summed E-state index contributed by atoms with van der Waals surface area (Å²) < 4.78 is 5.78. The van der Waals surface area contributed by atoms with Crippen LogP contribution in [0.2, 0.25) is 0 Å². The molecule has 0 aromatic heterocycles. The van der Waals surface area contributed by atoms with Crippen molar-refractivity contribution in [3.05, 3.63) is 108 Å².